The van der Waals surface area contributed by atoms with Gasteiger partial charge < -0.3 is 15.5 Å². The molecule has 2 saturated heterocycles. The maximum Gasteiger partial charge on any atom is 0.253 e. The number of thioether (sulfide) groups is 1. The Labute approximate surface area is 158 Å². The topological polar surface area (TPSA) is 61.4 Å². The Morgan fingerprint density at radius 3 is 2.68 bits per heavy atom. The number of piperidine rings is 1. The molecule has 5 nitrogen and oxygen atoms in total. The van der Waals surface area contributed by atoms with Crippen molar-refractivity contribution in [2.24, 2.45) is 0 Å². The van der Waals surface area contributed by atoms with Gasteiger partial charge in [0, 0.05) is 47.8 Å². The lowest BCUT2D eigenvalue weighted by Crippen LogP contribution is -2.48. The summed E-state index contributed by atoms with van der Waals surface area (Å²) >= 11 is 1.66. The first-order valence-corrected chi connectivity index (χ1v) is 9.68. The smallest absolute Gasteiger partial charge is 0.253 e. The summed E-state index contributed by atoms with van der Waals surface area (Å²) in [4.78, 5) is 27.6. The van der Waals surface area contributed by atoms with Crippen molar-refractivity contribution < 1.29 is 9.59 Å². The zero-order chi connectivity index (χ0) is 16.7. The lowest BCUT2D eigenvalue weighted by atomic mass is 9.98. The number of hydrogen-bond acceptors (Lipinski definition) is 4. The van der Waals surface area contributed by atoms with E-state index in [1.165, 1.54) is 12.8 Å². The number of carbonyl (C=O) groups is 2. The molecule has 2 N–H and O–H groups in total. The molecule has 2 bridgehead atoms. The SMILES string of the molecule is CN(C(=O)c1ccc2c(c1)NC(=O)CCS2)C1CC2CCC(C1)N2.Cl. The van der Waals surface area contributed by atoms with Crippen LogP contribution in [0.25, 0.3) is 0 Å². The van der Waals surface area contributed by atoms with Crippen molar-refractivity contribution in [1.29, 1.82) is 0 Å². The van der Waals surface area contributed by atoms with Crippen molar-refractivity contribution in [1.82, 2.24) is 10.2 Å². The summed E-state index contributed by atoms with van der Waals surface area (Å²) in [6.07, 6.45) is 5.05. The van der Waals surface area contributed by atoms with Crippen LogP contribution in [0.5, 0.6) is 0 Å². The van der Waals surface area contributed by atoms with Crippen LogP contribution in [0, 0.1) is 0 Å². The predicted molar refractivity (Wildman–Crippen MR) is 103 cm³/mol. The lowest BCUT2D eigenvalue weighted by molar-refractivity contribution is -0.115. The summed E-state index contributed by atoms with van der Waals surface area (Å²) in [6, 6.07) is 7.11. The molecule has 0 radical (unpaired) electrons. The standard InChI is InChI=1S/C18H23N3O2S.ClH/c1-21(14-9-12-3-4-13(10-14)19-12)18(23)11-2-5-16-15(8-11)20-17(22)6-7-24-16;/h2,5,8,12-14,19H,3-4,6-7,9-10H2,1H3,(H,20,22);1H. The number of benzene rings is 1. The van der Waals surface area contributed by atoms with Crippen molar-refractivity contribution in [3.8, 4) is 0 Å². The van der Waals surface area contributed by atoms with Gasteiger partial charge in [0.1, 0.15) is 0 Å². The molecule has 1 aromatic carbocycles. The van der Waals surface area contributed by atoms with E-state index in [1.807, 2.05) is 30.1 Å². The van der Waals surface area contributed by atoms with Crippen LogP contribution in [0.4, 0.5) is 5.69 Å². The van der Waals surface area contributed by atoms with Gasteiger partial charge in [0.25, 0.3) is 5.91 Å². The number of nitrogens with zero attached hydrogens (tertiary/aromatic N) is 1. The Balaban J connectivity index is 0.00000182. The molecule has 0 spiro atoms. The molecule has 25 heavy (non-hydrogen) atoms. The maximum atomic E-state index is 12.9. The minimum Gasteiger partial charge on any atom is -0.339 e. The summed E-state index contributed by atoms with van der Waals surface area (Å²) in [5, 5.41) is 6.54. The molecule has 2 amide bonds. The summed E-state index contributed by atoms with van der Waals surface area (Å²) < 4.78 is 0. The van der Waals surface area contributed by atoms with Crippen LogP contribution in [0.3, 0.4) is 0 Å². The first kappa shape index (κ1) is 18.5. The van der Waals surface area contributed by atoms with E-state index in [0.717, 1.165) is 29.2 Å². The quantitative estimate of drug-likeness (QED) is 0.826. The fraction of sp³-hybridized carbons (Fsp3) is 0.556. The van der Waals surface area contributed by atoms with E-state index < -0.39 is 0 Å². The Morgan fingerprint density at radius 1 is 1.24 bits per heavy atom. The van der Waals surface area contributed by atoms with Gasteiger partial charge in [0.2, 0.25) is 5.91 Å². The predicted octanol–water partition coefficient (Wildman–Crippen LogP) is 2.90. The van der Waals surface area contributed by atoms with E-state index in [0.29, 0.717) is 30.1 Å². The van der Waals surface area contributed by atoms with Crippen molar-refractivity contribution >= 4 is 41.7 Å². The number of nitrogens with one attached hydrogen (secondary N) is 2. The molecule has 1 aromatic rings. The van der Waals surface area contributed by atoms with Crippen LogP contribution in [0.2, 0.25) is 0 Å². The number of fused-ring (bicyclic) bond motifs is 3. The number of halogens is 1. The first-order valence-electron chi connectivity index (χ1n) is 8.70. The number of rotatable bonds is 2. The molecular weight excluding hydrogens is 358 g/mol. The fourth-order valence-electron chi connectivity index (χ4n) is 4.07. The van der Waals surface area contributed by atoms with Crippen LogP contribution >= 0.6 is 24.2 Å². The molecule has 3 aliphatic rings. The highest BCUT2D eigenvalue weighted by Gasteiger charge is 2.36. The van der Waals surface area contributed by atoms with Gasteiger partial charge in [-0.3, -0.25) is 9.59 Å². The zero-order valence-corrected chi connectivity index (χ0v) is 15.9. The molecule has 3 aliphatic heterocycles. The first-order chi connectivity index (χ1) is 11.6. The zero-order valence-electron chi connectivity index (χ0n) is 14.3. The van der Waals surface area contributed by atoms with Crippen LogP contribution in [-0.4, -0.2) is 47.6 Å². The molecule has 0 saturated carbocycles. The van der Waals surface area contributed by atoms with Crippen molar-refractivity contribution in [3.63, 3.8) is 0 Å². The fourth-order valence-corrected chi connectivity index (χ4v) is 5.00. The van der Waals surface area contributed by atoms with E-state index in [9.17, 15) is 9.59 Å². The molecular formula is C18H24ClN3O2S. The van der Waals surface area contributed by atoms with Gasteiger partial charge in [0.15, 0.2) is 0 Å². The number of amides is 2. The number of anilines is 1. The van der Waals surface area contributed by atoms with Gasteiger partial charge in [0.05, 0.1) is 5.69 Å². The van der Waals surface area contributed by atoms with Gasteiger partial charge in [-0.15, -0.1) is 24.2 Å². The van der Waals surface area contributed by atoms with Crippen molar-refractivity contribution in [3.05, 3.63) is 23.8 Å². The van der Waals surface area contributed by atoms with E-state index in [4.69, 9.17) is 0 Å². The summed E-state index contributed by atoms with van der Waals surface area (Å²) in [7, 11) is 1.91. The van der Waals surface area contributed by atoms with Gasteiger partial charge in [-0.25, -0.2) is 0 Å². The largest absolute Gasteiger partial charge is 0.339 e. The van der Waals surface area contributed by atoms with Crippen LogP contribution in [-0.2, 0) is 4.79 Å². The summed E-state index contributed by atoms with van der Waals surface area (Å²) in [6.45, 7) is 0. The Morgan fingerprint density at radius 2 is 1.96 bits per heavy atom. The number of carbonyl (C=O) groups excluding carboxylic acids is 2. The van der Waals surface area contributed by atoms with Gasteiger partial charge in [-0.2, -0.15) is 0 Å². The normalized spacial score (nSPS) is 27.6. The highest BCUT2D eigenvalue weighted by molar-refractivity contribution is 7.99. The van der Waals surface area contributed by atoms with Crippen LogP contribution in [0.15, 0.2) is 23.1 Å². The molecule has 0 aliphatic carbocycles. The third-order valence-electron chi connectivity index (χ3n) is 5.40. The van der Waals surface area contributed by atoms with Gasteiger partial charge in [-0.1, -0.05) is 0 Å². The second-order valence-electron chi connectivity index (χ2n) is 7.04. The van der Waals surface area contributed by atoms with Crippen LogP contribution < -0.4 is 10.6 Å². The molecule has 7 heteroatoms. The average Bonchev–Trinajstić information content (AvgIpc) is 2.80. The van der Waals surface area contributed by atoms with E-state index in [2.05, 4.69) is 10.6 Å². The highest BCUT2D eigenvalue weighted by atomic mass is 35.5. The second-order valence-corrected chi connectivity index (χ2v) is 8.17. The molecule has 3 heterocycles. The number of hydrogen-bond donors (Lipinski definition) is 2. The van der Waals surface area contributed by atoms with E-state index >= 15 is 0 Å². The third kappa shape index (κ3) is 3.81. The summed E-state index contributed by atoms with van der Waals surface area (Å²) in [5.74, 6) is 0.853. The van der Waals surface area contributed by atoms with Crippen LogP contribution in [0.1, 0.15) is 42.5 Å². The lowest BCUT2D eigenvalue weighted by Gasteiger charge is -2.35. The average molecular weight is 382 g/mol. The second kappa shape index (κ2) is 7.56. The van der Waals surface area contributed by atoms with Gasteiger partial charge >= 0.3 is 0 Å². The van der Waals surface area contributed by atoms with E-state index in [-0.39, 0.29) is 24.2 Å². The molecule has 2 fully saturated rings. The Bertz CT molecular complexity index is 672. The maximum absolute atomic E-state index is 12.9. The summed E-state index contributed by atoms with van der Waals surface area (Å²) in [5.41, 5.74) is 1.43. The highest BCUT2D eigenvalue weighted by Crippen LogP contribution is 2.33. The Hall–Kier alpha value is -1.24. The monoisotopic (exact) mass is 381 g/mol. The Kier molecular flexibility index (Phi) is 5.61. The molecule has 0 aromatic heterocycles. The molecule has 4 rings (SSSR count). The van der Waals surface area contributed by atoms with Gasteiger partial charge in [-0.05, 0) is 43.9 Å². The minimum absolute atomic E-state index is 0. The van der Waals surface area contributed by atoms with Crippen molar-refractivity contribution in [2.75, 3.05) is 18.1 Å². The van der Waals surface area contributed by atoms with E-state index in [1.54, 1.807) is 11.8 Å². The third-order valence-corrected chi connectivity index (χ3v) is 6.48. The van der Waals surface area contributed by atoms with Crippen molar-refractivity contribution in [2.45, 2.75) is 55.1 Å². The molecule has 2 atom stereocenters. The minimum atomic E-state index is 0. The molecule has 136 valence electrons. The molecule has 2 unspecified atom stereocenters.